The molecule has 0 aliphatic carbocycles. The van der Waals surface area contributed by atoms with Crippen LogP contribution in [-0.2, 0) is 9.47 Å². The summed E-state index contributed by atoms with van der Waals surface area (Å²) in [6.45, 7) is 5.56. The number of ether oxygens (including phenoxy) is 2. The molecule has 2 rings (SSSR count). The van der Waals surface area contributed by atoms with E-state index in [4.69, 9.17) is 9.47 Å². The maximum atomic E-state index is 9.56. The lowest BCUT2D eigenvalue weighted by Crippen LogP contribution is -2.39. The van der Waals surface area contributed by atoms with Crippen LogP contribution < -0.4 is 0 Å². The van der Waals surface area contributed by atoms with Crippen LogP contribution in [0.4, 0.5) is 0 Å². The van der Waals surface area contributed by atoms with Crippen LogP contribution in [-0.4, -0.2) is 29.2 Å². The van der Waals surface area contributed by atoms with Crippen molar-refractivity contribution in [3.8, 4) is 0 Å². The maximum absolute atomic E-state index is 9.56. The summed E-state index contributed by atoms with van der Waals surface area (Å²) in [6.07, 6.45) is 2.46. The van der Waals surface area contributed by atoms with E-state index >= 15 is 0 Å². The Balaban J connectivity index is 2.20. The van der Waals surface area contributed by atoms with Gasteiger partial charge in [0.05, 0.1) is 6.10 Å². The molecule has 2 heterocycles. The maximum Gasteiger partial charge on any atom is 0.167 e. The number of fused-ring (bicyclic) bond motifs is 2. The lowest BCUT2D eigenvalue weighted by atomic mass is 10.00. The van der Waals surface area contributed by atoms with Crippen LogP contribution in [0.2, 0.25) is 0 Å². The van der Waals surface area contributed by atoms with Crippen molar-refractivity contribution in [2.75, 3.05) is 0 Å². The highest BCUT2D eigenvalue weighted by atomic mass is 16.8. The largest absolute Gasteiger partial charge is 0.390 e. The fourth-order valence-electron chi connectivity index (χ4n) is 1.91. The molecule has 2 fully saturated rings. The number of hydrogen-bond acceptors (Lipinski definition) is 3. The summed E-state index contributed by atoms with van der Waals surface area (Å²) in [5.41, 5.74) is 0. The fraction of sp³-hybridized carbons (Fsp3) is 0.778. The molecule has 0 amide bonds. The van der Waals surface area contributed by atoms with Crippen molar-refractivity contribution < 1.29 is 14.6 Å². The number of rotatable bonds is 1. The third-order valence-corrected chi connectivity index (χ3v) is 2.60. The molecule has 12 heavy (non-hydrogen) atoms. The minimum absolute atomic E-state index is 0.146. The monoisotopic (exact) mass is 170 g/mol. The van der Waals surface area contributed by atoms with Crippen LogP contribution in [0.3, 0.4) is 0 Å². The molecule has 2 aliphatic heterocycles. The first-order valence-electron chi connectivity index (χ1n) is 4.31. The van der Waals surface area contributed by atoms with Gasteiger partial charge in [0.15, 0.2) is 5.79 Å². The SMILES string of the molecule is C=CC1OC2(C)CCC(O)C1O2. The molecule has 68 valence electrons. The Bertz CT molecular complexity index is 204. The fourth-order valence-corrected chi connectivity index (χ4v) is 1.91. The minimum Gasteiger partial charge on any atom is -0.390 e. The van der Waals surface area contributed by atoms with Crippen molar-refractivity contribution in [3.63, 3.8) is 0 Å². The van der Waals surface area contributed by atoms with Crippen LogP contribution >= 0.6 is 0 Å². The second kappa shape index (κ2) is 2.55. The van der Waals surface area contributed by atoms with Crippen LogP contribution in [0.15, 0.2) is 12.7 Å². The standard InChI is InChI=1S/C9H14O3/c1-3-7-8-6(10)4-5-9(2,11-7)12-8/h3,6-8,10H,1,4-5H2,2H3. The first-order chi connectivity index (χ1) is 5.64. The van der Waals surface area contributed by atoms with E-state index in [0.29, 0.717) is 0 Å². The van der Waals surface area contributed by atoms with Gasteiger partial charge in [-0.05, 0) is 13.3 Å². The Labute approximate surface area is 72.0 Å². The normalized spacial score (nSPS) is 52.3. The predicted octanol–water partition coefficient (Wildman–Crippen LogP) is 0.827. The van der Waals surface area contributed by atoms with Gasteiger partial charge in [0, 0.05) is 6.42 Å². The summed E-state index contributed by atoms with van der Waals surface area (Å²) in [4.78, 5) is 0. The van der Waals surface area contributed by atoms with E-state index in [9.17, 15) is 5.11 Å². The first kappa shape index (κ1) is 8.23. The zero-order valence-electron chi connectivity index (χ0n) is 7.19. The molecule has 0 aromatic heterocycles. The highest BCUT2D eigenvalue weighted by Crippen LogP contribution is 2.39. The van der Waals surface area contributed by atoms with Gasteiger partial charge in [0.2, 0.25) is 0 Å². The van der Waals surface area contributed by atoms with Crippen molar-refractivity contribution in [1.82, 2.24) is 0 Å². The lowest BCUT2D eigenvalue weighted by molar-refractivity contribution is -0.196. The molecule has 2 bridgehead atoms. The average Bonchev–Trinajstić information content (AvgIpc) is 2.34. The van der Waals surface area contributed by atoms with Crippen molar-refractivity contribution in [2.24, 2.45) is 0 Å². The molecule has 0 aromatic rings. The molecule has 4 unspecified atom stereocenters. The third-order valence-electron chi connectivity index (χ3n) is 2.60. The number of aliphatic hydroxyl groups excluding tert-OH is 1. The van der Waals surface area contributed by atoms with Gasteiger partial charge in [-0.3, -0.25) is 0 Å². The molecular weight excluding hydrogens is 156 g/mol. The van der Waals surface area contributed by atoms with Gasteiger partial charge in [-0.2, -0.15) is 0 Å². The van der Waals surface area contributed by atoms with Gasteiger partial charge < -0.3 is 14.6 Å². The van der Waals surface area contributed by atoms with E-state index in [0.717, 1.165) is 12.8 Å². The average molecular weight is 170 g/mol. The summed E-state index contributed by atoms with van der Waals surface area (Å²) in [5.74, 6) is -0.483. The Morgan fingerprint density at radius 2 is 2.33 bits per heavy atom. The zero-order chi connectivity index (χ0) is 8.77. The summed E-state index contributed by atoms with van der Waals surface area (Å²) in [5, 5.41) is 9.56. The first-order valence-corrected chi connectivity index (χ1v) is 4.31. The second-order valence-corrected chi connectivity index (χ2v) is 3.64. The van der Waals surface area contributed by atoms with Gasteiger partial charge in [0.1, 0.15) is 12.2 Å². The lowest BCUT2D eigenvalue weighted by Gasteiger charge is -2.30. The molecule has 3 nitrogen and oxygen atoms in total. The number of hydrogen-bond donors (Lipinski definition) is 1. The van der Waals surface area contributed by atoms with E-state index in [1.165, 1.54) is 0 Å². The summed E-state index contributed by atoms with van der Waals surface area (Å²) >= 11 is 0. The van der Waals surface area contributed by atoms with Gasteiger partial charge in [0.25, 0.3) is 0 Å². The molecule has 0 saturated carbocycles. The van der Waals surface area contributed by atoms with Gasteiger partial charge in [-0.15, -0.1) is 6.58 Å². The second-order valence-electron chi connectivity index (χ2n) is 3.64. The molecule has 2 saturated heterocycles. The highest BCUT2D eigenvalue weighted by Gasteiger charge is 2.49. The summed E-state index contributed by atoms with van der Waals surface area (Å²) < 4.78 is 11.1. The van der Waals surface area contributed by atoms with Crippen LogP contribution in [0, 0.1) is 0 Å². The molecule has 4 atom stereocenters. The quantitative estimate of drug-likeness (QED) is 0.592. The zero-order valence-corrected chi connectivity index (χ0v) is 7.19. The van der Waals surface area contributed by atoms with Crippen LogP contribution in [0.1, 0.15) is 19.8 Å². The predicted molar refractivity (Wildman–Crippen MR) is 43.6 cm³/mol. The molecule has 1 N–H and O–H groups in total. The Kier molecular flexibility index (Phi) is 1.75. The van der Waals surface area contributed by atoms with E-state index < -0.39 is 11.9 Å². The molecular formula is C9H14O3. The summed E-state index contributed by atoms with van der Waals surface area (Å²) in [7, 11) is 0. The molecule has 0 spiro atoms. The Morgan fingerprint density at radius 3 is 3.00 bits per heavy atom. The molecule has 0 aromatic carbocycles. The van der Waals surface area contributed by atoms with Gasteiger partial charge in [-0.25, -0.2) is 0 Å². The number of aliphatic hydroxyl groups is 1. The van der Waals surface area contributed by atoms with Crippen molar-refractivity contribution in [2.45, 2.75) is 43.9 Å². The minimum atomic E-state index is -0.483. The van der Waals surface area contributed by atoms with Crippen molar-refractivity contribution >= 4 is 0 Å². The van der Waals surface area contributed by atoms with Gasteiger partial charge >= 0.3 is 0 Å². The van der Waals surface area contributed by atoms with E-state index in [1.54, 1.807) is 6.08 Å². The highest BCUT2D eigenvalue weighted by molar-refractivity contribution is 5.00. The molecule has 0 radical (unpaired) electrons. The summed E-state index contributed by atoms with van der Waals surface area (Å²) in [6, 6.07) is 0. The smallest absolute Gasteiger partial charge is 0.167 e. The topological polar surface area (TPSA) is 38.7 Å². The molecule has 3 heteroatoms. The van der Waals surface area contributed by atoms with Crippen molar-refractivity contribution in [3.05, 3.63) is 12.7 Å². The van der Waals surface area contributed by atoms with Crippen LogP contribution in [0.25, 0.3) is 0 Å². The Hall–Kier alpha value is -0.380. The van der Waals surface area contributed by atoms with Crippen molar-refractivity contribution in [1.29, 1.82) is 0 Å². The van der Waals surface area contributed by atoms with Gasteiger partial charge in [-0.1, -0.05) is 6.08 Å². The van der Waals surface area contributed by atoms with Crippen LogP contribution in [0.5, 0.6) is 0 Å². The molecule has 2 aliphatic rings. The Morgan fingerprint density at radius 1 is 1.58 bits per heavy atom. The van der Waals surface area contributed by atoms with E-state index in [-0.39, 0.29) is 12.2 Å². The third kappa shape index (κ3) is 1.09. The van der Waals surface area contributed by atoms with E-state index in [2.05, 4.69) is 6.58 Å². The van der Waals surface area contributed by atoms with E-state index in [1.807, 2.05) is 6.92 Å².